The normalized spacial score (nSPS) is 10.7. The maximum Gasteiger partial charge on any atom is 0.335 e. The fourth-order valence-corrected chi connectivity index (χ4v) is 2.23. The number of carboxylic acids is 1. The molecule has 20 heavy (non-hydrogen) atoms. The topological polar surface area (TPSA) is 66.4 Å². The summed E-state index contributed by atoms with van der Waals surface area (Å²) in [6.45, 7) is 1.81. The molecule has 5 heteroatoms. The standard InChI is InChI=1S/C15H13NO3S/c1-10-4-5-11(15(18)19)9-13(10)16-14(17)7-6-12-3-2-8-20-12/h2-9H,1H3,(H,16,17)(H,18,19)/b7-6+. The van der Waals surface area contributed by atoms with E-state index in [0.29, 0.717) is 5.69 Å². The first-order valence-corrected chi connectivity index (χ1v) is 6.81. The average Bonchev–Trinajstić information content (AvgIpc) is 2.92. The molecule has 0 atom stereocenters. The van der Waals surface area contributed by atoms with Gasteiger partial charge in [0.05, 0.1) is 5.56 Å². The van der Waals surface area contributed by atoms with E-state index in [2.05, 4.69) is 5.32 Å². The molecule has 0 fully saturated rings. The van der Waals surface area contributed by atoms with E-state index in [1.807, 2.05) is 24.4 Å². The van der Waals surface area contributed by atoms with Gasteiger partial charge in [-0.3, -0.25) is 4.79 Å². The van der Waals surface area contributed by atoms with Gasteiger partial charge in [-0.1, -0.05) is 12.1 Å². The molecular weight excluding hydrogens is 274 g/mol. The zero-order chi connectivity index (χ0) is 14.5. The van der Waals surface area contributed by atoms with Crippen molar-refractivity contribution in [3.8, 4) is 0 Å². The van der Waals surface area contributed by atoms with Crippen LogP contribution in [0, 0.1) is 6.92 Å². The van der Waals surface area contributed by atoms with E-state index in [1.54, 1.807) is 12.1 Å². The molecule has 2 rings (SSSR count). The lowest BCUT2D eigenvalue weighted by Crippen LogP contribution is -2.10. The maximum atomic E-state index is 11.8. The molecule has 1 aromatic carbocycles. The highest BCUT2D eigenvalue weighted by atomic mass is 32.1. The highest BCUT2D eigenvalue weighted by Crippen LogP contribution is 2.17. The molecule has 0 aliphatic heterocycles. The Bertz CT molecular complexity index is 660. The molecular formula is C15H13NO3S. The Kier molecular flexibility index (Phi) is 4.32. The van der Waals surface area contributed by atoms with Crippen molar-refractivity contribution in [3.05, 3.63) is 57.8 Å². The third-order valence-electron chi connectivity index (χ3n) is 2.68. The number of aryl methyl sites for hydroxylation is 1. The smallest absolute Gasteiger partial charge is 0.335 e. The summed E-state index contributed by atoms with van der Waals surface area (Å²) in [4.78, 5) is 23.7. The summed E-state index contributed by atoms with van der Waals surface area (Å²) in [6.07, 6.45) is 3.15. The van der Waals surface area contributed by atoms with E-state index in [1.165, 1.54) is 29.5 Å². The predicted molar refractivity (Wildman–Crippen MR) is 80.1 cm³/mol. The summed E-state index contributed by atoms with van der Waals surface area (Å²) in [5.74, 6) is -1.31. The van der Waals surface area contributed by atoms with Crippen LogP contribution in [-0.4, -0.2) is 17.0 Å². The van der Waals surface area contributed by atoms with Crippen LogP contribution in [0.3, 0.4) is 0 Å². The summed E-state index contributed by atoms with van der Waals surface area (Å²) in [5.41, 5.74) is 1.46. The molecule has 0 unspecified atom stereocenters. The largest absolute Gasteiger partial charge is 0.478 e. The van der Waals surface area contributed by atoms with E-state index >= 15 is 0 Å². The van der Waals surface area contributed by atoms with E-state index < -0.39 is 5.97 Å². The second-order valence-electron chi connectivity index (χ2n) is 4.17. The lowest BCUT2D eigenvalue weighted by Gasteiger charge is -2.07. The molecule has 0 aliphatic carbocycles. The Morgan fingerprint density at radius 3 is 2.75 bits per heavy atom. The van der Waals surface area contributed by atoms with Gasteiger partial charge in [-0.15, -0.1) is 11.3 Å². The Hall–Kier alpha value is -2.40. The van der Waals surface area contributed by atoms with Gasteiger partial charge in [-0.25, -0.2) is 4.79 Å². The highest BCUT2D eigenvalue weighted by Gasteiger charge is 2.07. The quantitative estimate of drug-likeness (QED) is 0.847. The molecule has 1 amide bonds. The molecule has 2 N–H and O–H groups in total. The number of amides is 1. The van der Waals surface area contributed by atoms with Crippen LogP contribution in [-0.2, 0) is 4.79 Å². The van der Waals surface area contributed by atoms with Crippen molar-refractivity contribution in [1.82, 2.24) is 0 Å². The van der Waals surface area contributed by atoms with Crippen LogP contribution in [0.2, 0.25) is 0 Å². The molecule has 0 spiro atoms. The molecule has 2 aromatic rings. The van der Waals surface area contributed by atoms with E-state index in [9.17, 15) is 9.59 Å². The number of aromatic carboxylic acids is 1. The van der Waals surface area contributed by atoms with Gasteiger partial charge in [0.1, 0.15) is 0 Å². The number of thiophene rings is 1. The SMILES string of the molecule is Cc1ccc(C(=O)O)cc1NC(=O)/C=C/c1cccs1. The lowest BCUT2D eigenvalue weighted by molar-refractivity contribution is -0.111. The number of anilines is 1. The van der Waals surface area contributed by atoms with Crippen molar-refractivity contribution >= 4 is 35.0 Å². The first-order valence-electron chi connectivity index (χ1n) is 5.93. The second kappa shape index (κ2) is 6.16. The van der Waals surface area contributed by atoms with E-state index in [-0.39, 0.29) is 11.5 Å². The number of hydrogen-bond donors (Lipinski definition) is 2. The number of carbonyl (C=O) groups excluding carboxylic acids is 1. The number of benzene rings is 1. The predicted octanol–water partition coefficient (Wildman–Crippen LogP) is 3.41. The Labute approximate surface area is 120 Å². The third kappa shape index (κ3) is 3.55. The van der Waals surface area contributed by atoms with Crippen molar-refractivity contribution in [3.63, 3.8) is 0 Å². The molecule has 1 aromatic heterocycles. The first kappa shape index (κ1) is 14.0. The summed E-state index contributed by atoms with van der Waals surface area (Å²) < 4.78 is 0. The van der Waals surface area contributed by atoms with Crippen molar-refractivity contribution in [2.24, 2.45) is 0 Å². The van der Waals surface area contributed by atoms with Crippen LogP contribution in [0.25, 0.3) is 6.08 Å². The van der Waals surface area contributed by atoms with Gasteiger partial charge in [-0.05, 0) is 42.1 Å². The molecule has 4 nitrogen and oxygen atoms in total. The van der Waals surface area contributed by atoms with Gasteiger partial charge in [0.25, 0.3) is 0 Å². The fraction of sp³-hybridized carbons (Fsp3) is 0.0667. The van der Waals surface area contributed by atoms with Crippen molar-refractivity contribution in [2.75, 3.05) is 5.32 Å². The van der Waals surface area contributed by atoms with Crippen LogP contribution in [0.1, 0.15) is 20.8 Å². The molecule has 1 heterocycles. The van der Waals surface area contributed by atoms with Gasteiger partial charge in [0.2, 0.25) is 5.91 Å². The molecule has 0 saturated heterocycles. The average molecular weight is 287 g/mol. The van der Waals surface area contributed by atoms with Gasteiger partial charge >= 0.3 is 5.97 Å². The molecule has 0 bridgehead atoms. The summed E-state index contributed by atoms with van der Waals surface area (Å²) in [6, 6.07) is 8.44. The van der Waals surface area contributed by atoms with Gasteiger partial charge in [0, 0.05) is 16.6 Å². The minimum absolute atomic E-state index is 0.146. The first-order chi connectivity index (χ1) is 9.56. The van der Waals surface area contributed by atoms with Crippen LogP contribution in [0.5, 0.6) is 0 Å². The Balaban J connectivity index is 2.11. The zero-order valence-corrected chi connectivity index (χ0v) is 11.6. The lowest BCUT2D eigenvalue weighted by atomic mass is 10.1. The Morgan fingerprint density at radius 1 is 1.30 bits per heavy atom. The number of carboxylic acid groups (broad SMARTS) is 1. The van der Waals surface area contributed by atoms with Gasteiger partial charge < -0.3 is 10.4 Å². The summed E-state index contributed by atoms with van der Waals surface area (Å²) >= 11 is 1.54. The second-order valence-corrected chi connectivity index (χ2v) is 5.15. The van der Waals surface area contributed by atoms with Crippen LogP contribution in [0.15, 0.2) is 41.8 Å². The van der Waals surface area contributed by atoms with Gasteiger partial charge in [0.15, 0.2) is 0 Å². The van der Waals surface area contributed by atoms with Crippen LogP contribution < -0.4 is 5.32 Å². The third-order valence-corrected chi connectivity index (χ3v) is 3.52. The number of hydrogen-bond acceptors (Lipinski definition) is 3. The van der Waals surface area contributed by atoms with Crippen molar-refractivity contribution in [1.29, 1.82) is 0 Å². The molecule has 102 valence electrons. The van der Waals surface area contributed by atoms with Crippen LogP contribution in [0.4, 0.5) is 5.69 Å². The molecule has 0 aliphatic rings. The fourth-order valence-electron chi connectivity index (χ4n) is 1.61. The number of carbonyl (C=O) groups is 2. The molecule has 0 radical (unpaired) electrons. The van der Waals surface area contributed by atoms with Gasteiger partial charge in [-0.2, -0.15) is 0 Å². The minimum Gasteiger partial charge on any atom is -0.478 e. The highest BCUT2D eigenvalue weighted by molar-refractivity contribution is 7.10. The monoisotopic (exact) mass is 287 g/mol. The van der Waals surface area contributed by atoms with Crippen molar-refractivity contribution < 1.29 is 14.7 Å². The Morgan fingerprint density at radius 2 is 2.10 bits per heavy atom. The maximum absolute atomic E-state index is 11.8. The summed E-state index contributed by atoms with van der Waals surface area (Å²) in [7, 11) is 0. The van der Waals surface area contributed by atoms with E-state index in [0.717, 1.165) is 10.4 Å². The van der Waals surface area contributed by atoms with Crippen LogP contribution >= 0.6 is 11.3 Å². The molecule has 0 saturated carbocycles. The van der Waals surface area contributed by atoms with Crippen molar-refractivity contribution in [2.45, 2.75) is 6.92 Å². The number of nitrogens with one attached hydrogen (secondary N) is 1. The number of rotatable bonds is 4. The summed E-state index contributed by atoms with van der Waals surface area (Å²) in [5, 5.41) is 13.5. The van der Waals surface area contributed by atoms with E-state index in [4.69, 9.17) is 5.11 Å². The zero-order valence-electron chi connectivity index (χ0n) is 10.8. The minimum atomic E-state index is -1.02.